The Labute approximate surface area is 174 Å². The highest BCUT2D eigenvalue weighted by Crippen LogP contribution is 2.38. The molecule has 0 bridgehead atoms. The van der Waals surface area contributed by atoms with Crippen molar-refractivity contribution in [3.63, 3.8) is 0 Å². The first-order chi connectivity index (χ1) is 14.2. The third kappa shape index (κ3) is 3.39. The summed E-state index contributed by atoms with van der Waals surface area (Å²) in [4.78, 5) is 18.8. The minimum Gasteiger partial charge on any atom is -0.481 e. The number of hydrogen-bond donors (Lipinski definition) is 0. The number of rotatable bonds is 3. The number of hydrogen-bond acceptors (Lipinski definition) is 4. The highest BCUT2D eigenvalue weighted by Gasteiger charge is 2.36. The molecule has 0 saturated carbocycles. The molecule has 0 aliphatic carbocycles. The van der Waals surface area contributed by atoms with Crippen molar-refractivity contribution in [1.82, 2.24) is 14.8 Å². The minimum absolute atomic E-state index is 0.198. The number of nitrogens with zero attached hydrogens (tertiary/aromatic N) is 4. The van der Waals surface area contributed by atoms with E-state index in [1.807, 2.05) is 6.92 Å². The Morgan fingerprint density at radius 1 is 1.23 bits per heavy atom. The van der Waals surface area contributed by atoms with E-state index in [4.69, 9.17) is 16.3 Å². The number of pyridine rings is 1. The van der Waals surface area contributed by atoms with E-state index in [0.717, 1.165) is 12.1 Å². The maximum atomic E-state index is 13.3. The lowest BCUT2D eigenvalue weighted by atomic mass is 10.0. The molecule has 10 heteroatoms. The number of benzene rings is 1. The van der Waals surface area contributed by atoms with Crippen LogP contribution in [0, 0.1) is 0 Å². The van der Waals surface area contributed by atoms with Gasteiger partial charge in [0.15, 0.2) is 0 Å². The number of carbonyl (C=O) groups excluding carboxylic acids is 1. The van der Waals surface area contributed by atoms with Crippen LogP contribution < -0.4 is 9.64 Å². The average molecular weight is 437 g/mol. The molecule has 0 unspecified atom stereocenters. The van der Waals surface area contributed by atoms with Gasteiger partial charge in [-0.25, -0.2) is 4.98 Å². The molecule has 0 saturated heterocycles. The van der Waals surface area contributed by atoms with Gasteiger partial charge in [-0.15, -0.1) is 0 Å². The summed E-state index contributed by atoms with van der Waals surface area (Å²) in [5, 5.41) is 3.89. The smallest absolute Gasteiger partial charge is 0.417 e. The number of methoxy groups -OCH3 is 1. The molecule has 0 radical (unpaired) electrons. The van der Waals surface area contributed by atoms with Crippen molar-refractivity contribution in [2.45, 2.75) is 19.1 Å². The number of amides is 1. The predicted octanol–water partition coefficient (Wildman–Crippen LogP) is 4.85. The molecule has 0 spiro atoms. The van der Waals surface area contributed by atoms with E-state index in [2.05, 4.69) is 10.1 Å². The zero-order chi connectivity index (χ0) is 21.6. The number of anilines is 1. The SMILES string of the molecule is COc1cc(-c2cnn3c2C(=O)N(c2ccc(C(F)(F)F)c(Cl)c2)C[C@@H]3C)ccn1. The second-order valence-electron chi connectivity index (χ2n) is 6.86. The lowest BCUT2D eigenvalue weighted by molar-refractivity contribution is -0.137. The maximum absolute atomic E-state index is 13.3. The summed E-state index contributed by atoms with van der Waals surface area (Å²) in [5.41, 5.74) is 0.944. The van der Waals surface area contributed by atoms with Crippen molar-refractivity contribution in [3.05, 3.63) is 59.0 Å². The van der Waals surface area contributed by atoms with E-state index in [0.29, 0.717) is 22.7 Å². The van der Waals surface area contributed by atoms with Gasteiger partial charge < -0.3 is 9.64 Å². The Balaban J connectivity index is 1.77. The summed E-state index contributed by atoms with van der Waals surface area (Å²) in [5.74, 6) is 0.00217. The topological polar surface area (TPSA) is 60.3 Å². The molecule has 1 aromatic carbocycles. The van der Waals surface area contributed by atoms with Gasteiger partial charge in [0.1, 0.15) is 5.69 Å². The minimum atomic E-state index is -4.57. The van der Waals surface area contributed by atoms with E-state index < -0.39 is 16.8 Å². The van der Waals surface area contributed by atoms with Crippen LogP contribution in [0.3, 0.4) is 0 Å². The average Bonchev–Trinajstić information content (AvgIpc) is 3.16. The molecule has 30 heavy (non-hydrogen) atoms. The van der Waals surface area contributed by atoms with Crippen LogP contribution in [0.25, 0.3) is 11.1 Å². The van der Waals surface area contributed by atoms with Crippen LogP contribution in [-0.4, -0.2) is 34.3 Å². The molecule has 3 aromatic rings. The number of fused-ring (bicyclic) bond motifs is 1. The zero-order valence-corrected chi connectivity index (χ0v) is 16.7. The molecule has 1 aliphatic rings. The third-order valence-electron chi connectivity index (χ3n) is 4.93. The molecule has 1 aliphatic heterocycles. The van der Waals surface area contributed by atoms with Crippen LogP contribution in [0.5, 0.6) is 5.88 Å². The summed E-state index contributed by atoms with van der Waals surface area (Å²) in [6.07, 6.45) is -1.43. The monoisotopic (exact) mass is 436 g/mol. The summed E-state index contributed by atoms with van der Waals surface area (Å²) >= 11 is 5.86. The first-order valence-electron chi connectivity index (χ1n) is 8.97. The normalized spacial score (nSPS) is 16.5. The molecular weight excluding hydrogens is 421 g/mol. The maximum Gasteiger partial charge on any atom is 0.417 e. The summed E-state index contributed by atoms with van der Waals surface area (Å²) in [7, 11) is 1.49. The number of ether oxygens (including phenoxy) is 1. The molecule has 0 fully saturated rings. The molecule has 1 amide bonds. The molecule has 6 nitrogen and oxygen atoms in total. The Morgan fingerprint density at radius 2 is 2.00 bits per heavy atom. The van der Waals surface area contributed by atoms with Crippen molar-refractivity contribution >= 4 is 23.2 Å². The van der Waals surface area contributed by atoms with Crippen molar-refractivity contribution in [2.24, 2.45) is 0 Å². The van der Waals surface area contributed by atoms with Crippen LogP contribution in [0.4, 0.5) is 18.9 Å². The highest BCUT2D eigenvalue weighted by atomic mass is 35.5. The highest BCUT2D eigenvalue weighted by molar-refractivity contribution is 6.31. The van der Waals surface area contributed by atoms with Gasteiger partial charge in [-0.3, -0.25) is 9.48 Å². The second-order valence-corrected chi connectivity index (χ2v) is 7.27. The van der Waals surface area contributed by atoms with E-state index in [1.165, 1.54) is 18.1 Å². The predicted molar refractivity (Wildman–Crippen MR) is 105 cm³/mol. The Kier molecular flexibility index (Phi) is 4.93. The lowest BCUT2D eigenvalue weighted by Crippen LogP contribution is -2.42. The van der Waals surface area contributed by atoms with Crippen molar-refractivity contribution in [3.8, 4) is 17.0 Å². The van der Waals surface area contributed by atoms with Gasteiger partial charge in [0.2, 0.25) is 5.88 Å². The standard InChI is InChI=1S/C20H16ClF3N4O2/c1-11-10-27(13-3-4-15(16(21)8-13)20(22,23)24)19(29)18-14(9-26-28(11)18)12-5-6-25-17(7-12)30-2/h3-9,11H,10H2,1-2H3/t11-/m0/s1. The van der Waals surface area contributed by atoms with Crippen LogP contribution in [0.2, 0.25) is 5.02 Å². The molecular formula is C20H16ClF3N4O2. The molecule has 2 aromatic heterocycles. The third-order valence-corrected chi connectivity index (χ3v) is 5.24. The van der Waals surface area contributed by atoms with Gasteiger partial charge in [-0.2, -0.15) is 18.3 Å². The van der Waals surface area contributed by atoms with Crippen molar-refractivity contribution in [2.75, 3.05) is 18.6 Å². The van der Waals surface area contributed by atoms with Crippen LogP contribution in [0.15, 0.2) is 42.7 Å². The van der Waals surface area contributed by atoms with Gasteiger partial charge in [-0.05, 0) is 36.8 Å². The summed E-state index contributed by atoms with van der Waals surface area (Å²) < 4.78 is 45.8. The fourth-order valence-corrected chi connectivity index (χ4v) is 3.77. The van der Waals surface area contributed by atoms with Crippen molar-refractivity contribution in [1.29, 1.82) is 0 Å². The summed E-state index contributed by atoms with van der Waals surface area (Å²) in [6, 6.07) is 6.51. The van der Waals surface area contributed by atoms with Crippen LogP contribution >= 0.6 is 11.6 Å². The van der Waals surface area contributed by atoms with E-state index in [9.17, 15) is 18.0 Å². The number of carbonyl (C=O) groups is 1. The van der Waals surface area contributed by atoms with Crippen molar-refractivity contribution < 1.29 is 22.7 Å². The van der Waals surface area contributed by atoms with E-state index >= 15 is 0 Å². The first kappa shape index (κ1) is 20.2. The molecule has 0 N–H and O–H groups in total. The fraction of sp³-hybridized carbons (Fsp3) is 0.250. The number of alkyl halides is 3. The van der Waals surface area contributed by atoms with Crippen LogP contribution in [0.1, 0.15) is 29.0 Å². The largest absolute Gasteiger partial charge is 0.481 e. The quantitative estimate of drug-likeness (QED) is 0.589. The van der Waals surface area contributed by atoms with Gasteiger partial charge in [0, 0.05) is 30.1 Å². The van der Waals surface area contributed by atoms with Gasteiger partial charge in [0.25, 0.3) is 5.91 Å². The second kappa shape index (κ2) is 7.32. The van der Waals surface area contributed by atoms with E-state index in [-0.39, 0.29) is 24.2 Å². The van der Waals surface area contributed by atoms with Crippen LogP contribution in [-0.2, 0) is 6.18 Å². The first-order valence-corrected chi connectivity index (χ1v) is 9.35. The van der Waals surface area contributed by atoms with E-state index in [1.54, 1.807) is 29.2 Å². The molecule has 4 rings (SSSR count). The Hall–Kier alpha value is -3.07. The fourth-order valence-electron chi connectivity index (χ4n) is 3.49. The number of aromatic nitrogens is 3. The lowest BCUT2D eigenvalue weighted by Gasteiger charge is -2.32. The Morgan fingerprint density at radius 3 is 2.67 bits per heavy atom. The van der Waals surface area contributed by atoms with Gasteiger partial charge in [0.05, 0.1) is 29.9 Å². The molecule has 156 valence electrons. The Bertz CT molecular complexity index is 1130. The summed E-state index contributed by atoms with van der Waals surface area (Å²) in [6.45, 7) is 2.12. The number of halogens is 4. The van der Waals surface area contributed by atoms with Gasteiger partial charge >= 0.3 is 6.18 Å². The zero-order valence-electron chi connectivity index (χ0n) is 15.9. The molecule has 1 atom stereocenters. The molecule has 3 heterocycles. The van der Waals surface area contributed by atoms with Gasteiger partial charge in [-0.1, -0.05) is 11.6 Å².